The Balaban J connectivity index is 2.23. The molecule has 1 rings (SSSR count). The molecule has 9 heavy (non-hydrogen) atoms. The summed E-state index contributed by atoms with van der Waals surface area (Å²) in [6, 6.07) is 0.479. The highest BCUT2D eigenvalue weighted by molar-refractivity contribution is 4.74. The Bertz CT molecular complexity index is 75.0. The first-order valence-corrected chi connectivity index (χ1v) is 3.58. The average Bonchev–Trinajstić information content (AvgIpc) is 1.90. The first kappa shape index (κ1) is 7.03. The van der Waals surface area contributed by atoms with Gasteiger partial charge in [0.25, 0.3) is 0 Å². The van der Waals surface area contributed by atoms with Gasteiger partial charge in [-0.3, -0.25) is 4.90 Å². The molecule has 2 nitrogen and oxygen atoms in total. The first-order valence-electron chi connectivity index (χ1n) is 3.58. The Morgan fingerprint density at radius 3 is 2.33 bits per heavy atom. The quantitative estimate of drug-likeness (QED) is 0.538. The average molecular weight is 127 g/mol. The second-order valence-corrected chi connectivity index (χ2v) is 2.63. The minimum absolute atomic E-state index is 0.479. The minimum Gasteiger partial charge on any atom is -0.314 e. The predicted octanol–water partition coefficient (Wildman–Crippen LogP) is 0.114. The molecule has 2 heteroatoms. The van der Waals surface area contributed by atoms with Crippen molar-refractivity contribution in [1.82, 2.24) is 10.2 Å². The fourth-order valence-corrected chi connectivity index (χ4v) is 1.12. The zero-order chi connectivity index (χ0) is 6.69. The minimum atomic E-state index is 0.479. The first-order chi connectivity index (χ1) is 4.30. The number of nitrogens with zero attached hydrogens (tertiary/aromatic N) is 1. The molecule has 1 aliphatic rings. The molecule has 1 fully saturated rings. The maximum atomic E-state index is 3.96. The van der Waals surface area contributed by atoms with Crippen molar-refractivity contribution in [2.45, 2.75) is 13.0 Å². The van der Waals surface area contributed by atoms with Crippen LogP contribution in [0.25, 0.3) is 0 Å². The summed E-state index contributed by atoms with van der Waals surface area (Å²) >= 11 is 0. The van der Waals surface area contributed by atoms with E-state index in [2.05, 4.69) is 24.1 Å². The Labute approximate surface area is 57.2 Å². The third kappa shape index (κ3) is 1.95. The van der Waals surface area contributed by atoms with E-state index in [9.17, 15) is 0 Å². The van der Waals surface area contributed by atoms with Crippen LogP contribution in [0.4, 0.5) is 0 Å². The van der Waals surface area contributed by atoms with Gasteiger partial charge in [-0.15, -0.1) is 0 Å². The van der Waals surface area contributed by atoms with Gasteiger partial charge in [-0.1, -0.05) is 0 Å². The molecule has 0 amide bonds. The highest BCUT2D eigenvalue weighted by atomic mass is 15.2. The molecule has 0 aromatic heterocycles. The van der Waals surface area contributed by atoms with Crippen molar-refractivity contribution in [3.05, 3.63) is 6.92 Å². The maximum absolute atomic E-state index is 3.96. The molecule has 1 aliphatic heterocycles. The van der Waals surface area contributed by atoms with Crippen molar-refractivity contribution >= 4 is 0 Å². The number of hydrogen-bond acceptors (Lipinski definition) is 2. The van der Waals surface area contributed by atoms with Gasteiger partial charge < -0.3 is 5.32 Å². The van der Waals surface area contributed by atoms with Gasteiger partial charge in [0.05, 0.1) is 0 Å². The van der Waals surface area contributed by atoms with Crippen LogP contribution in [0.2, 0.25) is 0 Å². The number of piperazine rings is 1. The summed E-state index contributed by atoms with van der Waals surface area (Å²) in [5, 5.41) is 3.30. The third-order valence-corrected chi connectivity index (χ3v) is 1.77. The largest absolute Gasteiger partial charge is 0.314 e. The van der Waals surface area contributed by atoms with Crippen LogP contribution in [0.15, 0.2) is 0 Å². The summed E-state index contributed by atoms with van der Waals surface area (Å²) in [6.45, 7) is 10.7. The lowest BCUT2D eigenvalue weighted by molar-refractivity contribution is 0.211. The van der Waals surface area contributed by atoms with Crippen LogP contribution in [-0.4, -0.2) is 37.1 Å². The molecule has 1 heterocycles. The topological polar surface area (TPSA) is 15.3 Å². The van der Waals surface area contributed by atoms with Gasteiger partial charge in [0.15, 0.2) is 0 Å². The van der Waals surface area contributed by atoms with Crippen molar-refractivity contribution in [3.63, 3.8) is 0 Å². The fourth-order valence-electron chi connectivity index (χ4n) is 1.12. The SMILES string of the molecule is [CH2]C(C)N1CCNCC1. The summed E-state index contributed by atoms with van der Waals surface area (Å²) < 4.78 is 0. The van der Waals surface area contributed by atoms with E-state index in [-0.39, 0.29) is 0 Å². The van der Waals surface area contributed by atoms with Gasteiger partial charge >= 0.3 is 0 Å². The molecule has 1 unspecified atom stereocenters. The summed E-state index contributed by atoms with van der Waals surface area (Å²) in [6.07, 6.45) is 0. The maximum Gasteiger partial charge on any atom is 0.0110 e. The number of nitrogens with one attached hydrogen (secondary N) is 1. The van der Waals surface area contributed by atoms with Gasteiger partial charge in [-0.05, 0) is 13.8 Å². The van der Waals surface area contributed by atoms with Crippen molar-refractivity contribution in [1.29, 1.82) is 0 Å². The fraction of sp³-hybridized carbons (Fsp3) is 0.857. The van der Waals surface area contributed by atoms with Crippen LogP contribution in [0.5, 0.6) is 0 Å². The molecule has 53 valence electrons. The highest BCUT2D eigenvalue weighted by Crippen LogP contribution is 1.97. The van der Waals surface area contributed by atoms with Gasteiger partial charge in [0, 0.05) is 32.2 Å². The summed E-state index contributed by atoms with van der Waals surface area (Å²) in [5.41, 5.74) is 0. The van der Waals surface area contributed by atoms with Crippen molar-refractivity contribution in [2.75, 3.05) is 26.2 Å². The lowest BCUT2D eigenvalue weighted by Crippen LogP contribution is -2.46. The number of rotatable bonds is 1. The zero-order valence-corrected chi connectivity index (χ0v) is 6.06. The molecule has 1 N–H and O–H groups in total. The molecule has 0 aromatic carbocycles. The van der Waals surface area contributed by atoms with Crippen LogP contribution in [0.3, 0.4) is 0 Å². The summed E-state index contributed by atoms with van der Waals surface area (Å²) in [7, 11) is 0. The van der Waals surface area contributed by atoms with Gasteiger partial charge in [-0.2, -0.15) is 0 Å². The van der Waals surface area contributed by atoms with Gasteiger partial charge in [0.1, 0.15) is 0 Å². The Morgan fingerprint density at radius 2 is 2.00 bits per heavy atom. The monoisotopic (exact) mass is 127 g/mol. The van der Waals surface area contributed by atoms with Crippen LogP contribution in [0.1, 0.15) is 6.92 Å². The molecule has 0 saturated carbocycles. The van der Waals surface area contributed by atoms with E-state index in [4.69, 9.17) is 0 Å². The smallest absolute Gasteiger partial charge is 0.0110 e. The van der Waals surface area contributed by atoms with E-state index < -0.39 is 0 Å². The van der Waals surface area contributed by atoms with Crippen LogP contribution in [0, 0.1) is 6.92 Å². The van der Waals surface area contributed by atoms with Crippen LogP contribution >= 0.6 is 0 Å². The molecule has 0 aromatic rings. The summed E-state index contributed by atoms with van der Waals surface area (Å²) in [5.74, 6) is 0. The van der Waals surface area contributed by atoms with E-state index in [1.165, 1.54) is 0 Å². The lowest BCUT2D eigenvalue weighted by Gasteiger charge is -2.30. The molecule has 0 spiro atoms. The zero-order valence-electron chi connectivity index (χ0n) is 6.06. The van der Waals surface area contributed by atoms with Crippen molar-refractivity contribution in [2.24, 2.45) is 0 Å². The third-order valence-electron chi connectivity index (χ3n) is 1.77. The number of hydrogen-bond donors (Lipinski definition) is 1. The van der Waals surface area contributed by atoms with Gasteiger partial charge in [-0.25, -0.2) is 0 Å². The highest BCUT2D eigenvalue weighted by Gasteiger charge is 2.11. The Kier molecular flexibility index (Phi) is 2.49. The van der Waals surface area contributed by atoms with Crippen molar-refractivity contribution < 1.29 is 0 Å². The molecular formula is C7H15N2. The van der Waals surface area contributed by atoms with Gasteiger partial charge in [0.2, 0.25) is 0 Å². The Morgan fingerprint density at radius 1 is 1.44 bits per heavy atom. The second kappa shape index (κ2) is 3.18. The van der Waals surface area contributed by atoms with E-state index in [1.807, 2.05) is 0 Å². The van der Waals surface area contributed by atoms with Crippen LogP contribution in [-0.2, 0) is 0 Å². The normalized spacial score (nSPS) is 23.0. The molecular weight excluding hydrogens is 112 g/mol. The van der Waals surface area contributed by atoms with E-state index in [1.54, 1.807) is 0 Å². The molecule has 0 aliphatic carbocycles. The lowest BCUT2D eigenvalue weighted by atomic mass is 10.3. The Hall–Kier alpha value is -0.0800. The predicted molar refractivity (Wildman–Crippen MR) is 39.3 cm³/mol. The van der Waals surface area contributed by atoms with E-state index >= 15 is 0 Å². The van der Waals surface area contributed by atoms with E-state index in [0.29, 0.717) is 6.04 Å². The van der Waals surface area contributed by atoms with Crippen molar-refractivity contribution in [3.8, 4) is 0 Å². The van der Waals surface area contributed by atoms with E-state index in [0.717, 1.165) is 26.2 Å². The molecule has 1 atom stereocenters. The standard InChI is InChI=1S/C7H15N2/c1-7(2)9-5-3-8-4-6-9/h7-8H,1,3-6H2,2H3. The second-order valence-electron chi connectivity index (χ2n) is 2.63. The molecule has 1 radical (unpaired) electrons. The summed E-state index contributed by atoms with van der Waals surface area (Å²) in [4.78, 5) is 2.39. The molecule has 1 saturated heterocycles. The van der Waals surface area contributed by atoms with Crippen LogP contribution < -0.4 is 5.32 Å². The molecule has 0 bridgehead atoms.